The van der Waals surface area contributed by atoms with E-state index in [0.717, 1.165) is 5.69 Å². The van der Waals surface area contributed by atoms with Crippen LogP contribution in [0.1, 0.15) is 32.2 Å². The molecule has 6 heteroatoms. The number of amides is 2. The van der Waals surface area contributed by atoms with Gasteiger partial charge in [0.1, 0.15) is 17.3 Å². The lowest BCUT2D eigenvalue weighted by molar-refractivity contribution is -0.155. The normalized spacial score (nSPS) is 21.2. The average molecular weight is 291 g/mol. The summed E-state index contributed by atoms with van der Waals surface area (Å²) >= 11 is 0. The summed E-state index contributed by atoms with van der Waals surface area (Å²) in [5.74, 6) is 0.424. The maximum atomic E-state index is 12.4. The molecule has 1 aromatic heterocycles. The fraction of sp³-hybridized carbons (Fsp3) is 0.533. The summed E-state index contributed by atoms with van der Waals surface area (Å²) in [5.41, 5.74) is 0.613. The Morgan fingerprint density at radius 1 is 1.38 bits per heavy atom. The van der Waals surface area contributed by atoms with E-state index in [-0.39, 0.29) is 18.4 Å². The number of hydrogen-bond donors (Lipinski definition) is 1. The van der Waals surface area contributed by atoms with Crippen LogP contribution in [0.3, 0.4) is 0 Å². The fourth-order valence-electron chi connectivity index (χ4n) is 2.41. The van der Waals surface area contributed by atoms with Crippen LogP contribution < -0.4 is 10.1 Å². The highest BCUT2D eigenvalue weighted by Gasteiger charge is 2.44. The number of aromatic nitrogens is 1. The molecule has 1 aliphatic rings. The van der Waals surface area contributed by atoms with Crippen LogP contribution in [-0.4, -0.2) is 40.4 Å². The standard InChI is InChI=1S/C15H21N3O3/c1-9-6-12(21-5)7-11(16-9)8-18-13(19)10(2)17-14(20)15(18,3)4/h6-7,10H,8H2,1-5H3,(H,17,20). The van der Waals surface area contributed by atoms with Crippen LogP contribution >= 0.6 is 0 Å². The van der Waals surface area contributed by atoms with Crippen molar-refractivity contribution in [2.45, 2.75) is 45.8 Å². The van der Waals surface area contributed by atoms with Gasteiger partial charge in [0.25, 0.3) is 0 Å². The summed E-state index contributed by atoms with van der Waals surface area (Å²) in [6.45, 7) is 7.30. The average Bonchev–Trinajstić information content (AvgIpc) is 2.41. The molecular weight excluding hydrogens is 270 g/mol. The van der Waals surface area contributed by atoms with E-state index in [0.29, 0.717) is 11.4 Å². The Hall–Kier alpha value is -2.11. The second kappa shape index (κ2) is 5.35. The van der Waals surface area contributed by atoms with Gasteiger partial charge < -0.3 is 15.0 Å². The van der Waals surface area contributed by atoms with E-state index in [2.05, 4.69) is 10.3 Å². The number of rotatable bonds is 3. The first-order valence-corrected chi connectivity index (χ1v) is 6.89. The lowest BCUT2D eigenvalue weighted by Crippen LogP contribution is -2.67. The topological polar surface area (TPSA) is 71.5 Å². The highest BCUT2D eigenvalue weighted by atomic mass is 16.5. The van der Waals surface area contributed by atoms with Gasteiger partial charge in [-0.25, -0.2) is 0 Å². The van der Waals surface area contributed by atoms with Crippen molar-refractivity contribution >= 4 is 11.8 Å². The summed E-state index contributed by atoms with van der Waals surface area (Å²) in [5, 5.41) is 2.69. The number of ether oxygens (including phenoxy) is 1. The van der Waals surface area contributed by atoms with Crippen LogP contribution in [0.15, 0.2) is 12.1 Å². The smallest absolute Gasteiger partial charge is 0.246 e. The predicted octanol–water partition coefficient (Wildman–Crippen LogP) is 1.02. The van der Waals surface area contributed by atoms with Gasteiger partial charge >= 0.3 is 0 Å². The molecule has 2 heterocycles. The molecule has 114 valence electrons. The number of carbonyl (C=O) groups is 2. The fourth-order valence-corrected chi connectivity index (χ4v) is 2.41. The largest absolute Gasteiger partial charge is 0.497 e. The minimum atomic E-state index is -0.901. The summed E-state index contributed by atoms with van der Waals surface area (Å²) < 4.78 is 5.22. The number of nitrogens with zero attached hydrogens (tertiary/aromatic N) is 2. The first-order chi connectivity index (χ1) is 9.75. The molecule has 1 fully saturated rings. The van der Waals surface area contributed by atoms with Gasteiger partial charge in [-0.3, -0.25) is 14.6 Å². The number of carbonyl (C=O) groups excluding carboxylic acids is 2. The molecule has 1 unspecified atom stereocenters. The molecule has 1 atom stereocenters. The highest BCUT2D eigenvalue weighted by Crippen LogP contribution is 2.24. The van der Waals surface area contributed by atoms with E-state index < -0.39 is 11.6 Å². The van der Waals surface area contributed by atoms with E-state index in [1.807, 2.05) is 13.0 Å². The van der Waals surface area contributed by atoms with E-state index in [1.165, 1.54) is 0 Å². The van der Waals surface area contributed by atoms with Gasteiger partial charge in [-0.05, 0) is 27.7 Å². The zero-order chi connectivity index (χ0) is 15.8. The molecule has 21 heavy (non-hydrogen) atoms. The van der Waals surface area contributed by atoms with Crippen molar-refractivity contribution in [2.75, 3.05) is 7.11 Å². The van der Waals surface area contributed by atoms with E-state index in [4.69, 9.17) is 4.74 Å². The molecule has 2 amide bonds. The van der Waals surface area contributed by atoms with Crippen molar-refractivity contribution in [1.82, 2.24) is 15.2 Å². The number of piperazine rings is 1. The van der Waals surface area contributed by atoms with Crippen LogP contribution in [0.25, 0.3) is 0 Å². The van der Waals surface area contributed by atoms with Crippen LogP contribution in [0.2, 0.25) is 0 Å². The molecule has 1 aliphatic heterocycles. The molecule has 0 aromatic carbocycles. The maximum absolute atomic E-state index is 12.4. The SMILES string of the molecule is COc1cc(C)nc(CN2C(=O)C(C)NC(=O)C2(C)C)c1. The maximum Gasteiger partial charge on any atom is 0.246 e. The first-order valence-electron chi connectivity index (χ1n) is 6.89. The van der Waals surface area contributed by atoms with E-state index in [1.54, 1.807) is 38.8 Å². The molecule has 1 aromatic rings. The second-order valence-corrected chi connectivity index (χ2v) is 5.82. The van der Waals surface area contributed by atoms with Crippen molar-refractivity contribution in [3.05, 3.63) is 23.5 Å². The third-order valence-electron chi connectivity index (χ3n) is 3.75. The van der Waals surface area contributed by atoms with Gasteiger partial charge in [-0.15, -0.1) is 0 Å². The first kappa shape index (κ1) is 15.3. The summed E-state index contributed by atoms with van der Waals surface area (Å²) in [7, 11) is 1.59. The lowest BCUT2D eigenvalue weighted by atomic mass is 9.95. The number of methoxy groups -OCH3 is 1. The Balaban J connectivity index is 2.33. The zero-order valence-corrected chi connectivity index (χ0v) is 13.1. The molecule has 0 saturated carbocycles. The molecule has 1 N–H and O–H groups in total. The molecule has 0 radical (unpaired) electrons. The number of pyridine rings is 1. The van der Waals surface area contributed by atoms with Gasteiger partial charge in [-0.1, -0.05) is 0 Å². The molecule has 0 bridgehead atoms. The molecule has 0 spiro atoms. The second-order valence-electron chi connectivity index (χ2n) is 5.82. The van der Waals surface area contributed by atoms with Gasteiger partial charge in [0.2, 0.25) is 11.8 Å². The van der Waals surface area contributed by atoms with Crippen molar-refractivity contribution in [3.8, 4) is 5.75 Å². The molecule has 1 saturated heterocycles. The van der Waals surface area contributed by atoms with Crippen LogP contribution in [0, 0.1) is 6.92 Å². The van der Waals surface area contributed by atoms with Crippen molar-refractivity contribution in [2.24, 2.45) is 0 Å². The Morgan fingerprint density at radius 2 is 2.05 bits per heavy atom. The van der Waals surface area contributed by atoms with Crippen molar-refractivity contribution in [1.29, 1.82) is 0 Å². The molecular formula is C15H21N3O3. The van der Waals surface area contributed by atoms with Crippen LogP contribution in [-0.2, 0) is 16.1 Å². The van der Waals surface area contributed by atoms with E-state index >= 15 is 0 Å². The predicted molar refractivity (Wildman–Crippen MR) is 77.8 cm³/mol. The lowest BCUT2D eigenvalue weighted by Gasteiger charge is -2.43. The van der Waals surface area contributed by atoms with Crippen molar-refractivity contribution in [3.63, 3.8) is 0 Å². The Morgan fingerprint density at radius 3 is 2.67 bits per heavy atom. The molecule has 0 aliphatic carbocycles. The van der Waals surface area contributed by atoms with Crippen molar-refractivity contribution < 1.29 is 14.3 Å². The van der Waals surface area contributed by atoms with Gasteiger partial charge in [0.15, 0.2) is 0 Å². The zero-order valence-electron chi connectivity index (χ0n) is 13.1. The van der Waals surface area contributed by atoms with Gasteiger partial charge in [0, 0.05) is 17.8 Å². The number of aryl methyl sites for hydroxylation is 1. The highest BCUT2D eigenvalue weighted by molar-refractivity contribution is 5.99. The minimum Gasteiger partial charge on any atom is -0.497 e. The van der Waals surface area contributed by atoms with Crippen LogP contribution in [0.4, 0.5) is 0 Å². The minimum absolute atomic E-state index is 0.109. The summed E-state index contributed by atoms with van der Waals surface area (Å²) in [6.07, 6.45) is 0. The Kier molecular flexibility index (Phi) is 3.89. The number of nitrogens with one attached hydrogen (secondary N) is 1. The quantitative estimate of drug-likeness (QED) is 0.902. The third-order valence-corrected chi connectivity index (χ3v) is 3.75. The Labute approximate surface area is 124 Å². The summed E-state index contributed by atoms with van der Waals surface area (Å²) in [4.78, 5) is 30.5. The van der Waals surface area contributed by atoms with Gasteiger partial charge in [0.05, 0.1) is 19.3 Å². The number of hydrogen-bond acceptors (Lipinski definition) is 4. The van der Waals surface area contributed by atoms with Crippen LogP contribution in [0.5, 0.6) is 5.75 Å². The molecule has 2 rings (SSSR count). The van der Waals surface area contributed by atoms with E-state index in [9.17, 15) is 9.59 Å². The third kappa shape index (κ3) is 2.84. The van der Waals surface area contributed by atoms with Gasteiger partial charge in [-0.2, -0.15) is 0 Å². The molecule has 6 nitrogen and oxygen atoms in total. The Bertz CT molecular complexity index is 584. The summed E-state index contributed by atoms with van der Waals surface area (Å²) in [6, 6.07) is 3.09. The monoisotopic (exact) mass is 291 g/mol.